The number of benzene rings is 1. The topological polar surface area (TPSA) is 57.4 Å². The highest BCUT2D eigenvalue weighted by Crippen LogP contribution is 2.21. The first-order valence-corrected chi connectivity index (χ1v) is 6.11. The molecule has 1 fully saturated rings. The molecule has 0 aliphatic carbocycles. The molecule has 2 N–H and O–H groups in total. The fraction of sp³-hybridized carbons (Fsp3) is 0.438. The molecule has 1 aliphatic heterocycles. The average molecular weight is 301 g/mol. The molecule has 21 heavy (non-hydrogen) atoms. The second-order valence-corrected chi connectivity index (χ2v) is 4.39. The summed E-state index contributed by atoms with van der Waals surface area (Å²) in [6.45, 7) is -9.73. The third-order valence-electron chi connectivity index (χ3n) is 2.92. The second-order valence-electron chi connectivity index (χ2n) is 4.39. The zero-order chi connectivity index (χ0) is 26.9. The highest BCUT2D eigenvalue weighted by Gasteiger charge is 2.22. The van der Waals surface area contributed by atoms with Gasteiger partial charge in [-0.1, -0.05) is 6.07 Å². The van der Waals surface area contributed by atoms with Crippen molar-refractivity contribution in [2.45, 2.75) is 18.8 Å². The molecule has 0 unspecified atom stereocenters. The first-order valence-electron chi connectivity index (χ1n) is 13.0. The van der Waals surface area contributed by atoms with E-state index in [1.54, 1.807) is 0 Å². The summed E-state index contributed by atoms with van der Waals surface area (Å²) in [5, 5.41) is -0.179. The fourth-order valence-electron chi connectivity index (χ4n) is 1.97. The van der Waals surface area contributed by atoms with E-state index in [4.69, 9.17) is 19.3 Å². The molecular weight excluding hydrogens is 266 g/mol. The Balaban J connectivity index is 2.11. The van der Waals surface area contributed by atoms with Crippen LogP contribution in [0.3, 0.4) is 0 Å². The van der Waals surface area contributed by atoms with Crippen molar-refractivity contribution in [3.05, 3.63) is 35.5 Å². The Bertz CT molecular complexity index is 1140. The van der Waals surface area contributed by atoms with Crippen LogP contribution in [0.4, 0.5) is 4.79 Å². The van der Waals surface area contributed by atoms with Gasteiger partial charge in [0.2, 0.25) is 0 Å². The minimum atomic E-state index is -3.21. The molecule has 0 saturated carbocycles. The van der Waals surface area contributed by atoms with Crippen LogP contribution in [0.5, 0.6) is 0 Å². The lowest BCUT2D eigenvalue weighted by Gasteiger charge is -2.09. The molecule has 5 nitrogen and oxygen atoms in total. The maximum Gasteiger partial charge on any atom is 0.407 e. The van der Waals surface area contributed by atoms with Gasteiger partial charge in [-0.25, -0.2) is 4.79 Å². The van der Waals surface area contributed by atoms with Gasteiger partial charge in [-0.3, -0.25) is 0 Å². The van der Waals surface area contributed by atoms with Gasteiger partial charge < -0.3 is 19.9 Å². The first-order chi connectivity index (χ1) is 15.7. The van der Waals surface area contributed by atoms with Crippen LogP contribution >= 0.6 is 0 Å². The molecule has 0 bridgehead atoms. The van der Waals surface area contributed by atoms with Crippen LogP contribution in [0.1, 0.15) is 27.6 Å². The van der Waals surface area contributed by atoms with E-state index in [2.05, 4.69) is 4.74 Å². The summed E-state index contributed by atoms with van der Waals surface area (Å²) in [4.78, 5) is 12.7. The summed E-state index contributed by atoms with van der Waals surface area (Å²) in [6.07, 6.45) is -5.32. The van der Waals surface area contributed by atoms with E-state index in [1.807, 2.05) is 0 Å². The van der Waals surface area contributed by atoms with Gasteiger partial charge in [-0.05, 0) is 50.0 Å². The van der Waals surface area contributed by atoms with Crippen LogP contribution < -0.4 is 5.31 Å². The Morgan fingerprint density at radius 3 is 3.38 bits per heavy atom. The Hall–Kier alpha value is -2.01. The van der Waals surface area contributed by atoms with Crippen molar-refractivity contribution in [2.75, 3.05) is 27.1 Å². The lowest BCUT2D eigenvalue weighted by atomic mass is 10.0. The van der Waals surface area contributed by atoms with Crippen molar-refractivity contribution in [1.82, 2.24) is 15.2 Å². The molecule has 1 aliphatic rings. The Morgan fingerprint density at radius 2 is 2.62 bits per heavy atom. The number of aromatic amines is 1. The van der Waals surface area contributed by atoms with E-state index in [1.165, 1.54) is 6.07 Å². The number of nitrogens with one attached hydrogen (secondary N) is 2. The highest BCUT2D eigenvalue weighted by atomic mass is 16.6. The molecule has 112 valence electrons. The molecular formula is C16H21N3O2. The van der Waals surface area contributed by atoms with E-state index >= 15 is 0 Å². The van der Waals surface area contributed by atoms with Crippen molar-refractivity contribution in [1.29, 1.82) is 0 Å². The number of ether oxygens (including phenoxy) is 1. The molecule has 1 amide bonds. The molecule has 0 radical (unpaired) electrons. The highest BCUT2D eigenvalue weighted by molar-refractivity contribution is 5.84. The maximum atomic E-state index is 11.7. The molecule has 1 saturated heterocycles. The van der Waals surface area contributed by atoms with Crippen molar-refractivity contribution < 1.29 is 28.8 Å². The fourth-order valence-corrected chi connectivity index (χ4v) is 1.97. The van der Waals surface area contributed by atoms with Gasteiger partial charge in [-0.2, -0.15) is 0 Å². The van der Waals surface area contributed by atoms with Gasteiger partial charge in [0.15, 0.2) is 2.82 Å². The summed E-state index contributed by atoms with van der Waals surface area (Å²) >= 11 is 0. The van der Waals surface area contributed by atoms with Crippen LogP contribution in [0.15, 0.2) is 24.4 Å². The molecule has 2 aromatic rings. The summed E-state index contributed by atoms with van der Waals surface area (Å²) < 4.78 is 114. The standard InChI is InChI=1S/C16H21N3O2/c1-19(2)6-5-12-9-17-15-4-3-11(8-14(12)15)7-13-10-21-16(20)18-13/h3-4,8-9,13,17H,5-7,10H2,1-2H3,(H,18,20)/t13-/m0/s1/i1D3,2D3,7D2,9D,10D2,13D/hD2. The Morgan fingerprint density at radius 1 is 1.71 bits per heavy atom. The number of aromatic nitrogens is 1. The molecule has 1 atom stereocenters. The van der Waals surface area contributed by atoms with Crippen molar-refractivity contribution in [3.8, 4) is 0 Å². The van der Waals surface area contributed by atoms with Gasteiger partial charge in [-0.15, -0.1) is 0 Å². The molecule has 2 heterocycles. The third-order valence-corrected chi connectivity index (χ3v) is 2.92. The van der Waals surface area contributed by atoms with Gasteiger partial charge in [0.25, 0.3) is 0 Å². The van der Waals surface area contributed by atoms with E-state index in [0.717, 1.165) is 12.1 Å². The second kappa shape index (κ2) is 5.77. The number of likely N-dealkylation sites (N-methyl/N-ethyl adjacent to an activating group) is 1. The predicted octanol–water partition coefficient (Wildman–Crippen LogP) is 1.92. The minimum absolute atomic E-state index is 0.0228. The monoisotopic (exact) mass is 301 g/mol. The quantitative estimate of drug-likeness (QED) is 0.887. The zero-order valence-electron chi connectivity index (χ0n) is 24.8. The number of carbonyl (C=O) groups is 1. The zero-order valence-corrected chi connectivity index (χ0v) is 10.8. The van der Waals surface area contributed by atoms with Crippen LogP contribution in [-0.4, -0.2) is 49.0 Å². The lowest BCUT2D eigenvalue weighted by Crippen LogP contribution is -2.28. The minimum Gasteiger partial charge on any atom is -0.447 e. The van der Waals surface area contributed by atoms with Gasteiger partial charge >= 0.3 is 6.09 Å². The van der Waals surface area contributed by atoms with Crippen LogP contribution in [0.2, 0.25) is 2.82 Å². The smallest absolute Gasteiger partial charge is 0.407 e. The lowest BCUT2D eigenvalue weighted by molar-refractivity contribution is 0.177. The van der Waals surface area contributed by atoms with Crippen LogP contribution in [-0.2, 0) is 17.5 Å². The average Bonchev–Trinajstić information content (AvgIpc) is 3.03. The van der Waals surface area contributed by atoms with Crippen molar-refractivity contribution >= 4 is 17.0 Å². The number of rotatable bonds is 5. The molecule has 0 spiro atoms. The first kappa shape index (κ1) is 5.02. The third kappa shape index (κ3) is 3.19. The number of hydrogen-bond acceptors (Lipinski definition) is 3. The molecule has 1 aromatic heterocycles. The Kier molecular flexibility index (Phi) is 1.38. The van der Waals surface area contributed by atoms with Gasteiger partial charge in [0, 0.05) is 34.6 Å². The number of alkyl carbamates (subject to hydrolysis) is 1. The Labute approximate surface area is 144 Å². The largest absolute Gasteiger partial charge is 0.447 e. The van der Waals surface area contributed by atoms with Crippen molar-refractivity contribution in [3.63, 3.8) is 0 Å². The number of cyclic esters (lactones) is 1. The predicted molar refractivity (Wildman–Crippen MR) is 82.5 cm³/mol. The van der Waals surface area contributed by atoms with E-state index in [-0.39, 0.29) is 38.7 Å². The number of H-pyrrole nitrogens is 1. The number of carbonyl (C=O) groups excluding carboxylic acids is 1. The van der Waals surface area contributed by atoms with Crippen LogP contribution in [0.25, 0.3) is 10.9 Å². The van der Waals surface area contributed by atoms with E-state index < -0.39 is 51.7 Å². The summed E-state index contributed by atoms with van der Waals surface area (Å²) in [7, 11) is 0. The molecule has 5 heteroatoms. The SMILES string of the molecule is [2H]c1c(CCN(C([2H])([2H])[2H])C([2H])([2H])[2H])c2cc(C([2H])([2H])[C@]3([2H])N([2H])C(=O)OC3([2H])[2H])ccc2n1[2H]. The number of fused-ring (bicyclic) bond motifs is 1. The van der Waals surface area contributed by atoms with E-state index in [9.17, 15) is 4.79 Å². The number of hydrogen-bond donors (Lipinski definition) is 2. The normalized spacial score (nSPS) is 36.2. The van der Waals surface area contributed by atoms with Crippen LogP contribution in [0, 0.1) is 0 Å². The molecule has 3 rings (SSSR count). The maximum absolute atomic E-state index is 11.7. The van der Waals surface area contributed by atoms with E-state index in [0.29, 0.717) is 4.98 Å². The van der Waals surface area contributed by atoms with Gasteiger partial charge in [0.05, 0.1) is 11.5 Å². The summed E-state index contributed by atoms with van der Waals surface area (Å²) in [5.41, 5.74) is -0.271. The molecule has 1 aromatic carbocycles. The van der Waals surface area contributed by atoms with Crippen molar-refractivity contribution in [2.24, 2.45) is 0 Å². The summed E-state index contributed by atoms with van der Waals surface area (Å²) in [6, 6.07) is 0.257. The number of nitrogens with zero attached hydrogens (tertiary/aromatic N) is 1. The summed E-state index contributed by atoms with van der Waals surface area (Å²) in [5.74, 6) is 0. The number of amides is 1. The van der Waals surface area contributed by atoms with Gasteiger partial charge in [0.1, 0.15) is 6.56 Å².